The summed E-state index contributed by atoms with van der Waals surface area (Å²) in [5.41, 5.74) is 0.934. The molecule has 6 heteroatoms. The molecule has 2 heterocycles. The number of aromatic nitrogens is 2. The lowest BCUT2D eigenvalue weighted by Crippen LogP contribution is -2.36. The van der Waals surface area contributed by atoms with Gasteiger partial charge in [0.05, 0.1) is 23.4 Å². The summed E-state index contributed by atoms with van der Waals surface area (Å²) < 4.78 is 1.70. The minimum atomic E-state index is -0.439. The van der Waals surface area contributed by atoms with Gasteiger partial charge in [0.2, 0.25) is 0 Å². The van der Waals surface area contributed by atoms with Gasteiger partial charge in [-0.05, 0) is 31.4 Å². The first-order valence-electron chi connectivity index (χ1n) is 5.14. The summed E-state index contributed by atoms with van der Waals surface area (Å²) in [5.74, 6) is -0.0487. The van der Waals surface area contributed by atoms with E-state index in [2.05, 4.69) is 10.00 Å². The molecule has 0 aromatic carbocycles. The topological polar surface area (TPSA) is 64.2 Å². The SMILES string of the molecule is CCn1nc([N+](=O)[O-])cc1CN1CCC1. The molecule has 0 N–H and O–H groups in total. The van der Waals surface area contributed by atoms with Gasteiger partial charge < -0.3 is 10.1 Å². The van der Waals surface area contributed by atoms with Crippen LogP contribution in [0.25, 0.3) is 0 Å². The predicted octanol–water partition coefficient (Wildman–Crippen LogP) is 1.02. The minimum absolute atomic E-state index is 0.0487. The predicted molar refractivity (Wildman–Crippen MR) is 54.4 cm³/mol. The third-order valence-electron chi connectivity index (χ3n) is 2.67. The van der Waals surface area contributed by atoms with Crippen molar-refractivity contribution in [1.29, 1.82) is 0 Å². The second-order valence-corrected chi connectivity index (χ2v) is 3.70. The van der Waals surface area contributed by atoms with E-state index >= 15 is 0 Å². The highest BCUT2D eigenvalue weighted by atomic mass is 16.6. The molecule has 0 saturated carbocycles. The van der Waals surface area contributed by atoms with Gasteiger partial charge in [-0.15, -0.1) is 0 Å². The highest BCUT2D eigenvalue weighted by molar-refractivity contribution is 5.22. The van der Waals surface area contributed by atoms with E-state index in [0.29, 0.717) is 6.54 Å². The van der Waals surface area contributed by atoms with Crippen LogP contribution >= 0.6 is 0 Å². The van der Waals surface area contributed by atoms with E-state index in [4.69, 9.17) is 0 Å². The molecule has 0 radical (unpaired) electrons. The molecule has 2 rings (SSSR count). The van der Waals surface area contributed by atoms with Gasteiger partial charge in [-0.2, -0.15) is 4.68 Å². The summed E-state index contributed by atoms with van der Waals surface area (Å²) >= 11 is 0. The fourth-order valence-corrected chi connectivity index (χ4v) is 1.70. The van der Waals surface area contributed by atoms with Crippen molar-refractivity contribution < 1.29 is 4.92 Å². The van der Waals surface area contributed by atoms with Crippen molar-refractivity contribution in [3.8, 4) is 0 Å². The Balaban J connectivity index is 2.16. The standard InChI is InChI=1S/C9H14N4O2/c1-2-12-8(7-11-4-3-5-11)6-9(10-12)13(14)15/h6H,2-5,7H2,1H3. The Kier molecular flexibility index (Phi) is 2.68. The molecule has 0 atom stereocenters. The van der Waals surface area contributed by atoms with E-state index in [1.165, 1.54) is 6.42 Å². The van der Waals surface area contributed by atoms with E-state index in [-0.39, 0.29) is 5.82 Å². The van der Waals surface area contributed by atoms with Crippen LogP contribution in [0.4, 0.5) is 5.82 Å². The third kappa shape index (κ3) is 1.99. The lowest BCUT2D eigenvalue weighted by Gasteiger charge is -2.30. The zero-order valence-electron chi connectivity index (χ0n) is 8.72. The number of rotatable bonds is 4. The number of hydrogen-bond donors (Lipinski definition) is 0. The molecule has 0 aliphatic carbocycles. The van der Waals surface area contributed by atoms with E-state index in [1.54, 1.807) is 10.7 Å². The molecule has 1 saturated heterocycles. The average molecular weight is 210 g/mol. The first kappa shape index (κ1) is 10.1. The number of hydrogen-bond acceptors (Lipinski definition) is 4. The largest absolute Gasteiger partial charge is 0.390 e. The monoisotopic (exact) mass is 210 g/mol. The highest BCUT2D eigenvalue weighted by Crippen LogP contribution is 2.16. The quantitative estimate of drug-likeness (QED) is 0.549. The van der Waals surface area contributed by atoms with E-state index in [1.807, 2.05) is 6.92 Å². The van der Waals surface area contributed by atoms with Crippen molar-refractivity contribution in [2.24, 2.45) is 0 Å². The number of likely N-dealkylation sites (tertiary alicyclic amines) is 1. The van der Waals surface area contributed by atoms with Gasteiger partial charge in [-0.25, -0.2) is 0 Å². The van der Waals surface area contributed by atoms with Gasteiger partial charge in [-0.1, -0.05) is 0 Å². The lowest BCUT2D eigenvalue weighted by atomic mass is 10.2. The van der Waals surface area contributed by atoms with Gasteiger partial charge in [0, 0.05) is 6.54 Å². The van der Waals surface area contributed by atoms with Crippen LogP contribution in [0, 0.1) is 10.1 Å². The summed E-state index contributed by atoms with van der Waals surface area (Å²) in [7, 11) is 0. The van der Waals surface area contributed by atoms with Crippen molar-refractivity contribution in [1.82, 2.24) is 14.7 Å². The maximum Gasteiger partial charge on any atom is 0.390 e. The molecule has 0 unspecified atom stereocenters. The van der Waals surface area contributed by atoms with Gasteiger partial charge in [0.15, 0.2) is 0 Å². The smallest absolute Gasteiger partial charge is 0.358 e. The van der Waals surface area contributed by atoms with Gasteiger partial charge in [0.25, 0.3) is 0 Å². The van der Waals surface area contributed by atoms with Crippen LogP contribution in [0.2, 0.25) is 0 Å². The molecule has 82 valence electrons. The zero-order valence-corrected chi connectivity index (χ0v) is 8.72. The molecule has 0 bridgehead atoms. The Morgan fingerprint density at radius 1 is 1.60 bits per heavy atom. The Hall–Kier alpha value is -1.43. The van der Waals surface area contributed by atoms with Crippen LogP contribution in [0.1, 0.15) is 19.0 Å². The molecule has 0 spiro atoms. The third-order valence-corrected chi connectivity index (χ3v) is 2.67. The van der Waals surface area contributed by atoms with Gasteiger partial charge in [-0.3, -0.25) is 4.90 Å². The molecule has 1 aliphatic heterocycles. The van der Waals surface area contributed by atoms with E-state index in [0.717, 1.165) is 25.3 Å². The van der Waals surface area contributed by atoms with Crippen molar-refractivity contribution >= 4 is 5.82 Å². The first-order chi connectivity index (χ1) is 7.20. The maximum atomic E-state index is 10.6. The number of nitrogens with zero attached hydrogens (tertiary/aromatic N) is 4. The molecule has 6 nitrogen and oxygen atoms in total. The number of nitro groups is 1. The van der Waals surface area contributed by atoms with Gasteiger partial charge in [0.1, 0.15) is 0 Å². The summed E-state index contributed by atoms with van der Waals surface area (Å²) in [6.07, 6.45) is 1.22. The summed E-state index contributed by atoms with van der Waals surface area (Å²) in [6, 6.07) is 1.57. The molecule has 1 aromatic rings. The van der Waals surface area contributed by atoms with Crippen LogP contribution in [-0.2, 0) is 13.1 Å². The van der Waals surface area contributed by atoms with Crippen molar-refractivity contribution in [2.75, 3.05) is 13.1 Å². The van der Waals surface area contributed by atoms with Crippen LogP contribution in [0.15, 0.2) is 6.07 Å². The van der Waals surface area contributed by atoms with Crippen LogP contribution in [0.3, 0.4) is 0 Å². The Bertz CT molecular complexity index is 370. The molecule has 1 aromatic heterocycles. The highest BCUT2D eigenvalue weighted by Gasteiger charge is 2.21. The molecule has 1 fully saturated rings. The molecular formula is C9H14N4O2. The summed E-state index contributed by atoms with van der Waals surface area (Å²) in [6.45, 7) is 5.56. The van der Waals surface area contributed by atoms with E-state index < -0.39 is 4.92 Å². The summed E-state index contributed by atoms with van der Waals surface area (Å²) in [5, 5.41) is 14.5. The average Bonchev–Trinajstić information content (AvgIpc) is 2.54. The Morgan fingerprint density at radius 2 is 2.33 bits per heavy atom. The van der Waals surface area contributed by atoms with Crippen LogP contribution < -0.4 is 0 Å². The second kappa shape index (κ2) is 3.98. The molecule has 15 heavy (non-hydrogen) atoms. The van der Waals surface area contributed by atoms with Crippen LogP contribution in [-0.4, -0.2) is 32.7 Å². The lowest BCUT2D eigenvalue weighted by molar-refractivity contribution is -0.389. The Labute approximate surface area is 87.6 Å². The molecule has 1 aliphatic rings. The van der Waals surface area contributed by atoms with Crippen molar-refractivity contribution in [3.63, 3.8) is 0 Å². The van der Waals surface area contributed by atoms with Crippen LogP contribution in [0.5, 0.6) is 0 Å². The van der Waals surface area contributed by atoms with Gasteiger partial charge >= 0.3 is 5.82 Å². The number of aryl methyl sites for hydroxylation is 1. The maximum absolute atomic E-state index is 10.6. The Morgan fingerprint density at radius 3 is 2.80 bits per heavy atom. The minimum Gasteiger partial charge on any atom is -0.358 e. The van der Waals surface area contributed by atoms with E-state index in [9.17, 15) is 10.1 Å². The molecule has 0 amide bonds. The fraction of sp³-hybridized carbons (Fsp3) is 0.667. The van der Waals surface area contributed by atoms with Crippen molar-refractivity contribution in [3.05, 3.63) is 21.9 Å². The summed E-state index contributed by atoms with van der Waals surface area (Å²) in [4.78, 5) is 12.4. The molecular weight excluding hydrogens is 196 g/mol. The first-order valence-corrected chi connectivity index (χ1v) is 5.14. The zero-order chi connectivity index (χ0) is 10.8. The normalized spacial score (nSPS) is 16.3. The second-order valence-electron chi connectivity index (χ2n) is 3.70. The fourth-order valence-electron chi connectivity index (χ4n) is 1.70. The van der Waals surface area contributed by atoms with Crippen molar-refractivity contribution in [2.45, 2.75) is 26.4 Å².